The first kappa shape index (κ1) is 17.2. The van der Waals surface area contributed by atoms with E-state index in [4.69, 9.17) is 9.47 Å². The number of aromatic hydroxyl groups is 1. The summed E-state index contributed by atoms with van der Waals surface area (Å²) in [6, 6.07) is 4.82. The molecule has 23 heavy (non-hydrogen) atoms. The van der Waals surface area contributed by atoms with Crippen molar-refractivity contribution >= 4 is 10.9 Å². The lowest BCUT2D eigenvalue weighted by atomic mass is 10.2. The van der Waals surface area contributed by atoms with Crippen LogP contribution in [0, 0.1) is 0 Å². The number of nitrogens with one attached hydrogen (secondary N) is 1. The maximum atomic E-state index is 12.3. The Hall–Kier alpha value is -2.17. The van der Waals surface area contributed by atoms with Crippen molar-refractivity contribution in [2.75, 3.05) is 6.61 Å². The van der Waals surface area contributed by atoms with Crippen molar-refractivity contribution in [1.82, 2.24) is 4.98 Å². The molecule has 0 bridgehead atoms. The molecule has 1 heterocycles. The molecule has 5 heteroatoms. The van der Waals surface area contributed by atoms with Crippen LogP contribution in [0.5, 0.6) is 17.2 Å². The fraction of sp³-hybridized carbons (Fsp3) is 0.500. The summed E-state index contributed by atoms with van der Waals surface area (Å²) in [5, 5.41) is 10.3. The number of phenolic OH excluding ortho intramolecular Hbond substituents is 1. The Morgan fingerprint density at radius 3 is 2.65 bits per heavy atom. The summed E-state index contributed by atoms with van der Waals surface area (Å²) in [6.45, 7) is 6.43. The number of benzene rings is 1. The van der Waals surface area contributed by atoms with Crippen LogP contribution in [-0.4, -0.2) is 22.8 Å². The molecule has 126 valence electrons. The Balaban J connectivity index is 2.37. The molecule has 2 aromatic rings. The minimum Gasteiger partial charge on any atom is -0.508 e. The molecule has 0 amide bonds. The van der Waals surface area contributed by atoms with Crippen LogP contribution < -0.4 is 15.0 Å². The predicted octanol–water partition coefficient (Wildman–Crippen LogP) is 3.98. The fourth-order valence-corrected chi connectivity index (χ4v) is 2.43. The van der Waals surface area contributed by atoms with Crippen molar-refractivity contribution in [3.63, 3.8) is 0 Å². The minimum atomic E-state index is -0.347. The van der Waals surface area contributed by atoms with Crippen LogP contribution in [0.15, 0.2) is 23.0 Å². The van der Waals surface area contributed by atoms with Gasteiger partial charge in [-0.25, -0.2) is 0 Å². The molecule has 0 fully saturated rings. The number of hydrogen-bond donors (Lipinski definition) is 2. The first-order valence-electron chi connectivity index (χ1n) is 8.21. The van der Waals surface area contributed by atoms with Crippen LogP contribution in [0.2, 0.25) is 0 Å². The average Bonchev–Trinajstić information content (AvgIpc) is 2.49. The maximum absolute atomic E-state index is 12.3. The van der Waals surface area contributed by atoms with Gasteiger partial charge in [0.15, 0.2) is 5.75 Å². The van der Waals surface area contributed by atoms with E-state index in [-0.39, 0.29) is 23.2 Å². The highest BCUT2D eigenvalue weighted by Gasteiger charge is 2.17. The molecule has 0 aliphatic heterocycles. The van der Waals surface area contributed by atoms with Crippen LogP contribution in [0.1, 0.15) is 46.5 Å². The highest BCUT2D eigenvalue weighted by molar-refractivity contribution is 5.88. The molecule has 0 atom stereocenters. The first-order chi connectivity index (χ1) is 11.0. The van der Waals surface area contributed by atoms with Crippen molar-refractivity contribution in [3.8, 4) is 17.2 Å². The van der Waals surface area contributed by atoms with Crippen LogP contribution in [0.25, 0.3) is 10.9 Å². The summed E-state index contributed by atoms with van der Waals surface area (Å²) in [7, 11) is 0. The van der Waals surface area contributed by atoms with Gasteiger partial charge in [0, 0.05) is 11.5 Å². The number of hydrogen-bond acceptors (Lipinski definition) is 4. The number of aromatic amines is 1. The van der Waals surface area contributed by atoms with Gasteiger partial charge in [0.25, 0.3) is 5.56 Å². The van der Waals surface area contributed by atoms with Crippen molar-refractivity contribution in [1.29, 1.82) is 0 Å². The number of H-pyrrole nitrogens is 1. The van der Waals surface area contributed by atoms with Gasteiger partial charge in [-0.3, -0.25) is 4.79 Å². The standard InChI is InChI=1S/C18H25NO4/c1-4-5-6-7-10-22-16-14-9-8-13(20)11-15(14)19-18(21)17(16)23-12(2)3/h8-9,11-12,20H,4-7,10H2,1-3H3,(H,19,21). The number of pyridine rings is 1. The molecule has 0 aliphatic rings. The van der Waals surface area contributed by atoms with Crippen LogP contribution in [0.4, 0.5) is 0 Å². The number of phenols is 1. The van der Waals surface area contributed by atoms with Gasteiger partial charge in [-0.05, 0) is 32.4 Å². The molecule has 1 aromatic heterocycles. The molecule has 0 aliphatic carbocycles. The van der Waals surface area contributed by atoms with E-state index < -0.39 is 0 Å². The van der Waals surface area contributed by atoms with Crippen molar-refractivity contribution in [2.24, 2.45) is 0 Å². The highest BCUT2D eigenvalue weighted by Crippen LogP contribution is 2.33. The van der Waals surface area contributed by atoms with Gasteiger partial charge in [-0.15, -0.1) is 0 Å². The van der Waals surface area contributed by atoms with E-state index >= 15 is 0 Å². The summed E-state index contributed by atoms with van der Waals surface area (Å²) < 4.78 is 11.6. The second-order valence-electron chi connectivity index (χ2n) is 5.92. The number of rotatable bonds is 8. The molecule has 5 nitrogen and oxygen atoms in total. The molecule has 1 aromatic carbocycles. The molecular formula is C18H25NO4. The Kier molecular flexibility index (Phi) is 5.90. The Bertz CT molecular complexity index is 706. The summed E-state index contributed by atoms with van der Waals surface area (Å²) in [5.41, 5.74) is 0.190. The zero-order valence-corrected chi connectivity index (χ0v) is 14.0. The summed E-state index contributed by atoms with van der Waals surface area (Å²) in [4.78, 5) is 15.0. The summed E-state index contributed by atoms with van der Waals surface area (Å²) >= 11 is 0. The molecule has 0 unspecified atom stereocenters. The largest absolute Gasteiger partial charge is 0.508 e. The van der Waals surface area contributed by atoms with E-state index in [9.17, 15) is 9.90 Å². The van der Waals surface area contributed by atoms with Gasteiger partial charge in [0.1, 0.15) is 5.75 Å². The van der Waals surface area contributed by atoms with E-state index in [1.54, 1.807) is 12.1 Å². The highest BCUT2D eigenvalue weighted by atomic mass is 16.5. The predicted molar refractivity (Wildman–Crippen MR) is 91.6 cm³/mol. The van der Waals surface area contributed by atoms with Crippen LogP contribution >= 0.6 is 0 Å². The van der Waals surface area contributed by atoms with E-state index in [1.807, 2.05) is 13.8 Å². The monoisotopic (exact) mass is 319 g/mol. The molecule has 2 N–H and O–H groups in total. The molecule has 0 spiro atoms. The van der Waals surface area contributed by atoms with Gasteiger partial charge in [-0.2, -0.15) is 0 Å². The fourth-order valence-electron chi connectivity index (χ4n) is 2.43. The Morgan fingerprint density at radius 1 is 1.17 bits per heavy atom. The topological polar surface area (TPSA) is 71.5 Å². The van der Waals surface area contributed by atoms with Gasteiger partial charge in [0.05, 0.1) is 18.2 Å². The molecule has 0 radical (unpaired) electrons. The van der Waals surface area contributed by atoms with E-state index in [2.05, 4.69) is 11.9 Å². The number of unbranched alkanes of at least 4 members (excludes halogenated alkanes) is 3. The third-order valence-corrected chi connectivity index (χ3v) is 3.51. The van der Waals surface area contributed by atoms with E-state index in [0.717, 1.165) is 24.6 Å². The van der Waals surface area contributed by atoms with Gasteiger partial charge in [-0.1, -0.05) is 26.2 Å². The Labute approximate surface area is 136 Å². The third kappa shape index (κ3) is 4.41. The molecule has 0 saturated carbocycles. The molecule has 2 rings (SSSR count). The SMILES string of the molecule is CCCCCCOc1c(OC(C)C)c(=O)[nH]c2cc(O)ccc12. The average molecular weight is 319 g/mol. The molecule has 0 saturated heterocycles. The third-order valence-electron chi connectivity index (χ3n) is 3.51. The second-order valence-corrected chi connectivity index (χ2v) is 5.92. The van der Waals surface area contributed by atoms with Crippen molar-refractivity contribution in [2.45, 2.75) is 52.6 Å². The van der Waals surface area contributed by atoms with Crippen LogP contribution in [-0.2, 0) is 0 Å². The van der Waals surface area contributed by atoms with E-state index in [0.29, 0.717) is 17.9 Å². The molecular weight excluding hydrogens is 294 g/mol. The normalized spacial score (nSPS) is 11.1. The zero-order valence-electron chi connectivity index (χ0n) is 14.0. The maximum Gasteiger partial charge on any atom is 0.294 e. The first-order valence-corrected chi connectivity index (χ1v) is 8.21. The lowest BCUT2D eigenvalue weighted by molar-refractivity contribution is 0.217. The van der Waals surface area contributed by atoms with E-state index in [1.165, 1.54) is 12.5 Å². The van der Waals surface area contributed by atoms with Gasteiger partial charge in [0.2, 0.25) is 5.75 Å². The lowest BCUT2D eigenvalue weighted by Gasteiger charge is -2.16. The summed E-state index contributed by atoms with van der Waals surface area (Å²) in [6.07, 6.45) is 4.23. The number of aromatic nitrogens is 1. The quantitative estimate of drug-likeness (QED) is 0.722. The number of fused-ring (bicyclic) bond motifs is 1. The smallest absolute Gasteiger partial charge is 0.294 e. The van der Waals surface area contributed by atoms with Gasteiger partial charge >= 0.3 is 0 Å². The lowest BCUT2D eigenvalue weighted by Crippen LogP contribution is -2.18. The number of ether oxygens (including phenoxy) is 2. The Morgan fingerprint density at radius 2 is 1.96 bits per heavy atom. The van der Waals surface area contributed by atoms with Crippen LogP contribution in [0.3, 0.4) is 0 Å². The van der Waals surface area contributed by atoms with Gasteiger partial charge < -0.3 is 19.6 Å². The zero-order chi connectivity index (χ0) is 16.8. The van der Waals surface area contributed by atoms with Crippen molar-refractivity contribution in [3.05, 3.63) is 28.6 Å². The van der Waals surface area contributed by atoms with Crippen molar-refractivity contribution < 1.29 is 14.6 Å². The minimum absolute atomic E-state index is 0.0968. The summed E-state index contributed by atoms with van der Waals surface area (Å²) in [5.74, 6) is 0.752. The second kappa shape index (κ2) is 7.90.